The highest BCUT2D eigenvalue weighted by atomic mass is 32.2. The van der Waals surface area contributed by atoms with Crippen molar-refractivity contribution in [2.75, 3.05) is 18.8 Å². The molecule has 7 nitrogen and oxygen atoms in total. The van der Waals surface area contributed by atoms with Crippen LogP contribution in [-0.4, -0.2) is 18.8 Å². The van der Waals surface area contributed by atoms with Crippen LogP contribution in [0.4, 0.5) is 0 Å². The molecule has 0 aliphatic carbocycles. The Morgan fingerprint density at radius 1 is 0.520 bits per heavy atom. The van der Waals surface area contributed by atoms with Gasteiger partial charge in [-0.15, -0.1) is 35.3 Å². The number of rotatable bonds is 18. The number of hydroxylamine groups is 3. The van der Waals surface area contributed by atoms with E-state index in [1.54, 1.807) is 35.3 Å². The van der Waals surface area contributed by atoms with Crippen LogP contribution in [0, 0.1) is 20.8 Å². The van der Waals surface area contributed by atoms with Crippen LogP contribution < -0.4 is 16.4 Å². The molecule has 3 aromatic carbocycles. The van der Waals surface area contributed by atoms with Crippen LogP contribution in [0.3, 0.4) is 0 Å². The van der Waals surface area contributed by atoms with E-state index >= 15 is 0 Å². The maximum absolute atomic E-state index is 14.7. The van der Waals surface area contributed by atoms with Gasteiger partial charge < -0.3 is 0 Å². The Morgan fingerprint density at radius 3 is 0.960 bits per heavy atom. The molecule has 0 saturated heterocycles. The zero-order valence-corrected chi connectivity index (χ0v) is 36.2. The number of benzene rings is 3. The van der Waals surface area contributed by atoms with E-state index in [1.165, 1.54) is 48.1 Å². The van der Waals surface area contributed by atoms with Crippen molar-refractivity contribution >= 4 is 43.1 Å². The molecule has 0 fully saturated rings. The second-order valence-corrected chi connectivity index (χ2v) is 18.2. The summed E-state index contributed by atoms with van der Waals surface area (Å²) in [7, 11) is -4.37. The predicted octanol–water partition coefficient (Wildman–Crippen LogP) is 11.2. The van der Waals surface area contributed by atoms with Gasteiger partial charge in [0.2, 0.25) is 0 Å². The third-order valence-electron chi connectivity index (χ3n) is 9.62. The molecule has 0 bridgehead atoms. The highest BCUT2D eigenvalue weighted by Crippen LogP contribution is 2.50. The Morgan fingerprint density at radius 2 is 0.760 bits per heavy atom. The minimum absolute atomic E-state index is 0.735. The van der Waals surface area contributed by atoms with Gasteiger partial charge in [-0.1, -0.05) is 39.0 Å². The van der Waals surface area contributed by atoms with E-state index in [0.717, 1.165) is 36.0 Å². The van der Waals surface area contributed by atoms with Crippen molar-refractivity contribution in [2.45, 2.75) is 134 Å². The Hall–Kier alpha value is -1.30. The van der Waals surface area contributed by atoms with E-state index in [0.29, 0.717) is 0 Å². The molecule has 0 amide bonds. The summed E-state index contributed by atoms with van der Waals surface area (Å²) < 4.78 is 32.9. The lowest BCUT2D eigenvalue weighted by molar-refractivity contribution is -0.0382. The van der Waals surface area contributed by atoms with Gasteiger partial charge in [0.1, 0.15) is 0 Å². The van der Waals surface area contributed by atoms with Gasteiger partial charge in [0.05, 0.1) is 16.6 Å². The van der Waals surface area contributed by atoms with Crippen LogP contribution in [-0.2, 0) is 54.3 Å². The third kappa shape index (κ3) is 9.62. The lowest BCUT2D eigenvalue weighted by atomic mass is 9.87. The van der Waals surface area contributed by atoms with Crippen molar-refractivity contribution < 1.29 is 18.4 Å². The van der Waals surface area contributed by atoms with Crippen molar-refractivity contribution in [1.82, 2.24) is 16.4 Å². The van der Waals surface area contributed by atoms with E-state index in [-0.39, 0.29) is 0 Å². The highest BCUT2D eigenvalue weighted by molar-refractivity contribution is 7.99. The van der Waals surface area contributed by atoms with Crippen molar-refractivity contribution in [2.24, 2.45) is 0 Å². The predicted molar refractivity (Wildman–Crippen MR) is 216 cm³/mol. The van der Waals surface area contributed by atoms with Crippen LogP contribution in [0.1, 0.15) is 112 Å². The van der Waals surface area contributed by atoms with Gasteiger partial charge in [-0.05, 0) is 169 Å². The zero-order valence-electron chi connectivity index (χ0n) is 32.9. The molecule has 0 spiro atoms. The van der Waals surface area contributed by atoms with Crippen molar-refractivity contribution in [3.63, 3.8) is 0 Å². The van der Waals surface area contributed by atoms with Crippen LogP contribution in [0.15, 0.2) is 51.1 Å². The number of thioether (sulfide) groups is 3. The molecular weight excluding hydrogens is 702 g/mol. The first kappa shape index (κ1) is 43.1. The number of nitrogens with one attached hydrogen (secondary N) is 3. The summed E-state index contributed by atoms with van der Waals surface area (Å²) in [5, 5.41) is 0. The Bertz CT molecular complexity index is 1500. The average molecular weight is 762 g/mol. The molecule has 3 rings (SSSR count). The van der Waals surface area contributed by atoms with Gasteiger partial charge in [-0.3, -0.25) is 0 Å². The second kappa shape index (κ2) is 17.7. The van der Waals surface area contributed by atoms with Crippen molar-refractivity contribution in [1.29, 1.82) is 0 Å². The minimum Gasteiger partial charge on any atom is -0.223 e. The summed E-state index contributed by atoms with van der Waals surface area (Å²) in [5.41, 5.74) is 17.6. The smallest absolute Gasteiger partial charge is 0.223 e. The molecule has 0 aromatic heterocycles. The Balaban J connectivity index is 2.01. The maximum atomic E-state index is 14.7. The van der Waals surface area contributed by atoms with E-state index in [1.807, 2.05) is 41.5 Å². The monoisotopic (exact) mass is 761 g/mol. The summed E-state index contributed by atoms with van der Waals surface area (Å²) in [6.07, 6.45) is 8.81. The molecule has 0 aliphatic heterocycles. The van der Waals surface area contributed by atoms with E-state index in [2.05, 4.69) is 113 Å². The van der Waals surface area contributed by atoms with Gasteiger partial charge in [-0.25, -0.2) is 4.57 Å². The lowest BCUT2D eigenvalue weighted by Crippen LogP contribution is -2.42. The van der Waals surface area contributed by atoms with Gasteiger partial charge >= 0.3 is 7.82 Å². The van der Waals surface area contributed by atoms with E-state index < -0.39 is 24.4 Å². The summed E-state index contributed by atoms with van der Waals surface area (Å²) in [4.78, 5) is 3.70. The number of phosphoric acid groups is 1. The summed E-state index contributed by atoms with van der Waals surface area (Å²) in [6.45, 7) is 24.9. The molecule has 0 heterocycles. The molecule has 3 aromatic rings. The van der Waals surface area contributed by atoms with E-state index in [4.69, 9.17) is 13.9 Å². The third-order valence-corrected chi connectivity index (χ3v) is 13.2. The number of hydrogen-bond donors (Lipinski definition) is 3. The summed E-state index contributed by atoms with van der Waals surface area (Å²) in [5.74, 6) is 0. The quantitative estimate of drug-likeness (QED) is 0.0662. The van der Waals surface area contributed by atoms with Crippen molar-refractivity contribution in [3.05, 3.63) is 86.5 Å². The molecule has 0 unspecified atom stereocenters. The Kier molecular flexibility index (Phi) is 15.2. The molecule has 0 aliphatic rings. The first-order valence-corrected chi connectivity index (χ1v) is 22.5. The minimum atomic E-state index is -4.37. The van der Waals surface area contributed by atoms with Crippen molar-refractivity contribution in [3.8, 4) is 0 Å². The Labute approximate surface area is 315 Å². The number of hydrogen-bond acceptors (Lipinski definition) is 10. The molecule has 50 heavy (non-hydrogen) atoms. The first-order valence-electron chi connectivity index (χ1n) is 17.3. The molecule has 11 heteroatoms. The SMILES string of the molecule is CCc1c(C(C)(C)NOP(=O)(ONC(C)(C)c2ccc(SC)c(C)c2CC)ONC(C)(C)c2ccc(SC)c(C)c2CC)ccc(SC)c1C. The lowest BCUT2D eigenvalue weighted by Gasteiger charge is -2.35. The van der Waals surface area contributed by atoms with Gasteiger partial charge in [0.15, 0.2) is 0 Å². The fourth-order valence-electron chi connectivity index (χ4n) is 6.72. The summed E-state index contributed by atoms with van der Waals surface area (Å²) >= 11 is 5.19. The van der Waals surface area contributed by atoms with Gasteiger partial charge in [0.25, 0.3) is 0 Å². The van der Waals surface area contributed by atoms with E-state index in [9.17, 15) is 4.57 Å². The van der Waals surface area contributed by atoms with Crippen LogP contribution >= 0.6 is 43.1 Å². The van der Waals surface area contributed by atoms with Crippen LogP contribution in [0.25, 0.3) is 0 Å². The van der Waals surface area contributed by atoms with Crippen LogP contribution in [0.5, 0.6) is 0 Å². The van der Waals surface area contributed by atoms with Gasteiger partial charge in [-0.2, -0.15) is 30.3 Å². The zero-order chi connectivity index (χ0) is 37.7. The molecule has 0 atom stereocenters. The topological polar surface area (TPSA) is 80.9 Å². The van der Waals surface area contributed by atoms with Gasteiger partial charge in [0, 0.05) is 14.7 Å². The average Bonchev–Trinajstić information content (AvgIpc) is 3.08. The molecule has 0 saturated carbocycles. The molecular formula is C39H60N3O4PS3. The fourth-order valence-corrected chi connectivity index (χ4v) is 9.76. The first-order chi connectivity index (χ1) is 23.4. The van der Waals surface area contributed by atoms with Crippen LogP contribution in [0.2, 0.25) is 0 Å². The molecule has 3 N–H and O–H groups in total. The summed E-state index contributed by atoms with van der Waals surface area (Å²) in [6, 6.07) is 12.7. The molecule has 0 radical (unpaired) electrons. The normalized spacial score (nSPS) is 12.9. The highest BCUT2D eigenvalue weighted by Gasteiger charge is 2.39. The fraction of sp³-hybridized carbons (Fsp3) is 0.538. The largest absolute Gasteiger partial charge is 0.524 e. The standard InChI is InChI=1S/C39H60N3O4PS3/c1-16-28-25(4)34(48-13)22-19-31(28)37(7,8)40-44-47(43,45-41-38(9,10)32-20-23-35(49-14)26(5)29(32)17-2)46-42-39(11,12)33-21-24-36(50-15)27(6)30(33)18-3/h19-24,40-42H,16-18H2,1-15H3. The maximum Gasteiger partial charge on any atom is 0.524 e. The second-order valence-electron chi connectivity index (χ2n) is 14.2. The molecule has 278 valence electrons.